The fraction of sp³-hybridized carbons (Fsp3) is 0.529. The summed E-state index contributed by atoms with van der Waals surface area (Å²) in [7, 11) is 0. The van der Waals surface area contributed by atoms with Gasteiger partial charge in [0.05, 0.1) is 10.3 Å². The number of rotatable bonds is 6. The second-order valence-electron chi connectivity index (χ2n) is 5.82. The molecule has 4 nitrogen and oxygen atoms in total. The summed E-state index contributed by atoms with van der Waals surface area (Å²) in [6.07, 6.45) is 3.70. The Hall–Kier alpha value is -0.910. The monoisotopic (exact) mass is 388 g/mol. The van der Waals surface area contributed by atoms with Crippen molar-refractivity contribution in [1.29, 1.82) is 0 Å². The van der Waals surface area contributed by atoms with Gasteiger partial charge in [-0.3, -0.25) is 9.59 Å². The van der Waals surface area contributed by atoms with Crippen molar-refractivity contribution in [1.82, 2.24) is 10.2 Å². The lowest BCUT2D eigenvalue weighted by Crippen LogP contribution is -2.39. The van der Waals surface area contributed by atoms with Gasteiger partial charge < -0.3 is 10.2 Å². The highest BCUT2D eigenvalue weighted by molar-refractivity contribution is 8.00. The van der Waals surface area contributed by atoms with Gasteiger partial charge in [-0.1, -0.05) is 23.2 Å². The molecule has 0 aliphatic carbocycles. The summed E-state index contributed by atoms with van der Waals surface area (Å²) < 4.78 is 0. The summed E-state index contributed by atoms with van der Waals surface area (Å²) in [5, 5.41) is 3.67. The number of carbonyl (C=O) groups is 2. The van der Waals surface area contributed by atoms with E-state index in [9.17, 15) is 9.59 Å². The number of hydrogen-bond donors (Lipinski definition) is 1. The van der Waals surface area contributed by atoms with Gasteiger partial charge in [0.15, 0.2) is 0 Å². The fourth-order valence-electron chi connectivity index (χ4n) is 2.55. The number of hydrogen-bond acceptors (Lipinski definition) is 3. The zero-order chi connectivity index (χ0) is 17.5. The lowest BCUT2D eigenvalue weighted by Gasteiger charge is -2.26. The minimum Gasteiger partial charge on any atom is -0.355 e. The number of thioether (sulfide) groups is 1. The van der Waals surface area contributed by atoms with E-state index in [0.717, 1.165) is 30.8 Å². The highest BCUT2D eigenvalue weighted by Gasteiger charge is 2.18. The quantitative estimate of drug-likeness (QED) is 0.749. The fourth-order valence-corrected chi connectivity index (χ4v) is 3.98. The standard InChI is InChI=1S/C17H22Cl2N2O2S/c1-12(24-15-11-13(18)5-6-14(15)19)17(23)20-8-7-16(22)21-9-3-2-4-10-21/h5-6,11-12H,2-4,7-10H2,1H3,(H,20,23). The number of amides is 2. The van der Waals surface area contributed by atoms with E-state index in [1.165, 1.54) is 18.2 Å². The van der Waals surface area contributed by atoms with Gasteiger partial charge in [-0.2, -0.15) is 0 Å². The number of likely N-dealkylation sites (tertiary alicyclic amines) is 1. The molecule has 1 aliphatic heterocycles. The van der Waals surface area contributed by atoms with Crippen molar-refractivity contribution in [2.75, 3.05) is 19.6 Å². The molecule has 1 saturated heterocycles. The first-order valence-electron chi connectivity index (χ1n) is 8.14. The molecule has 1 aliphatic rings. The Morgan fingerprint density at radius 1 is 1.25 bits per heavy atom. The summed E-state index contributed by atoms with van der Waals surface area (Å²) in [5.74, 6) is 0.00989. The zero-order valence-corrected chi connectivity index (χ0v) is 16.0. The molecule has 1 aromatic rings. The summed E-state index contributed by atoms with van der Waals surface area (Å²) in [4.78, 5) is 26.9. The molecule has 0 spiro atoms. The number of nitrogens with zero attached hydrogens (tertiary/aromatic N) is 1. The highest BCUT2D eigenvalue weighted by atomic mass is 35.5. The molecule has 1 atom stereocenters. The first-order chi connectivity index (χ1) is 11.5. The summed E-state index contributed by atoms with van der Waals surface area (Å²) in [6, 6.07) is 5.18. The molecule has 0 aromatic heterocycles. The Balaban J connectivity index is 1.75. The first-order valence-corrected chi connectivity index (χ1v) is 9.78. The van der Waals surface area contributed by atoms with E-state index in [2.05, 4.69) is 5.32 Å². The van der Waals surface area contributed by atoms with Crippen molar-refractivity contribution in [3.05, 3.63) is 28.2 Å². The molecule has 0 radical (unpaired) electrons. The molecule has 7 heteroatoms. The molecule has 2 rings (SSSR count). The van der Waals surface area contributed by atoms with E-state index < -0.39 is 0 Å². The van der Waals surface area contributed by atoms with Gasteiger partial charge in [0.1, 0.15) is 0 Å². The van der Waals surface area contributed by atoms with Crippen LogP contribution in [0.5, 0.6) is 0 Å². The van der Waals surface area contributed by atoms with Crippen LogP contribution in [0.1, 0.15) is 32.6 Å². The van der Waals surface area contributed by atoms with E-state index >= 15 is 0 Å². The minimum absolute atomic E-state index is 0.109. The number of halogens is 2. The molecule has 1 fully saturated rings. The molecule has 1 heterocycles. The molecular weight excluding hydrogens is 367 g/mol. The SMILES string of the molecule is CC(Sc1cc(Cl)ccc1Cl)C(=O)NCCC(=O)N1CCCCC1. The smallest absolute Gasteiger partial charge is 0.233 e. The summed E-state index contributed by atoms with van der Waals surface area (Å²) in [6.45, 7) is 3.85. The molecule has 2 amide bonds. The highest BCUT2D eigenvalue weighted by Crippen LogP contribution is 2.32. The van der Waals surface area contributed by atoms with E-state index in [4.69, 9.17) is 23.2 Å². The van der Waals surface area contributed by atoms with Crippen molar-refractivity contribution < 1.29 is 9.59 Å². The Kier molecular flexibility index (Phi) is 7.72. The van der Waals surface area contributed by atoms with E-state index in [-0.39, 0.29) is 17.1 Å². The summed E-state index contributed by atoms with van der Waals surface area (Å²) >= 11 is 13.4. The lowest BCUT2D eigenvalue weighted by molar-refractivity contribution is -0.132. The van der Waals surface area contributed by atoms with Crippen molar-refractivity contribution in [3.8, 4) is 0 Å². The van der Waals surface area contributed by atoms with Crippen LogP contribution in [-0.2, 0) is 9.59 Å². The van der Waals surface area contributed by atoms with Gasteiger partial charge in [0.2, 0.25) is 11.8 Å². The Morgan fingerprint density at radius 2 is 1.96 bits per heavy atom. The average Bonchev–Trinajstić information content (AvgIpc) is 2.58. The minimum atomic E-state index is -0.314. The molecule has 0 saturated carbocycles. The zero-order valence-electron chi connectivity index (χ0n) is 13.7. The normalized spacial score (nSPS) is 15.9. The van der Waals surface area contributed by atoms with Crippen LogP contribution in [0.2, 0.25) is 10.0 Å². The predicted octanol–water partition coefficient (Wildman–Crippen LogP) is 3.99. The van der Waals surface area contributed by atoms with Crippen LogP contribution in [0.4, 0.5) is 0 Å². The lowest BCUT2D eigenvalue weighted by atomic mass is 10.1. The van der Waals surface area contributed by atoms with Crippen LogP contribution < -0.4 is 5.32 Å². The maximum absolute atomic E-state index is 12.2. The Morgan fingerprint density at radius 3 is 2.67 bits per heavy atom. The molecule has 132 valence electrons. The third-order valence-electron chi connectivity index (χ3n) is 3.91. The number of benzene rings is 1. The molecule has 24 heavy (non-hydrogen) atoms. The first kappa shape index (κ1) is 19.4. The second-order valence-corrected chi connectivity index (χ2v) is 8.04. The third-order valence-corrected chi connectivity index (χ3v) is 5.75. The van der Waals surface area contributed by atoms with Crippen LogP contribution >= 0.6 is 35.0 Å². The van der Waals surface area contributed by atoms with E-state index in [1.54, 1.807) is 18.2 Å². The molecular formula is C17H22Cl2N2O2S. The molecule has 1 aromatic carbocycles. The van der Waals surface area contributed by atoms with Crippen molar-refractivity contribution >= 4 is 46.8 Å². The van der Waals surface area contributed by atoms with Gasteiger partial charge in [-0.15, -0.1) is 11.8 Å². The van der Waals surface area contributed by atoms with Gasteiger partial charge in [0.25, 0.3) is 0 Å². The third kappa shape index (κ3) is 5.87. The van der Waals surface area contributed by atoms with Gasteiger partial charge in [-0.05, 0) is 44.4 Å². The van der Waals surface area contributed by atoms with Gasteiger partial charge >= 0.3 is 0 Å². The van der Waals surface area contributed by atoms with Crippen LogP contribution in [0.3, 0.4) is 0 Å². The molecule has 1 N–H and O–H groups in total. The second kappa shape index (κ2) is 9.54. The Labute approximate surface area is 157 Å². The maximum Gasteiger partial charge on any atom is 0.233 e. The molecule has 1 unspecified atom stereocenters. The van der Waals surface area contributed by atoms with Crippen LogP contribution in [0.25, 0.3) is 0 Å². The average molecular weight is 389 g/mol. The van der Waals surface area contributed by atoms with E-state index in [0.29, 0.717) is 23.0 Å². The Bertz CT molecular complexity index is 592. The maximum atomic E-state index is 12.2. The van der Waals surface area contributed by atoms with Crippen molar-refractivity contribution in [2.24, 2.45) is 0 Å². The topological polar surface area (TPSA) is 49.4 Å². The largest absolute Gasteiger partial charge is 0.355 e. The molecule has 0 bridgehead atoms. The van der Waals surface area contributed by atoms with E-state index in [1.807, 2.05) is 11.8 Å². The number of carbonyl (C=O) groups excluding carboxylic acids is 2. The number of nitrogens with one attached hydrogen (secondary N) is 1. The van der Waals surface area contributed by atoms with Crippen LogP contribution in [0.15, 0.2) is 23.1 Å². The van der Waals surface area contributed by atoms with Crippen molar-refractivity contribution in [2.45, 2.75) is 42.8 Å². The predicted molar refractivity (Wildman–Crippen MR) is 99.8 cm³/mol. The van der Waals surface area contributed by atoms with Crippen LogP contribution in [0, 0.1) is 0 Å². The van der Waals surface area contributed by atoms with Crippen molar-refractivity contribution in [3.63, 3.8) is 0 Å². The number of piperidine rings is 1. The van der Waals surface area contributed by atoms with Crippen LogP contribution in [-0.4, -0.2) is 41.6 Å². The summed E-state index contributed by atoms with van der Waals surface area (Å²) in [5.41, 5.74) is 0. The van der Waals surface area contributed by atoms with Gasteiger partial charge in [-0.25, -0.2) is 0 Å². The van der Waals surface area contributed by atoms with Gasteiger partial charge in [0, 0.05) is 36.0 Å².